The molecule has 0 amide bonds. The molecule has 0 aliphatic heterocycles. The summed E-state index contributed by atoms with van der Waals surface area (Å²) in [6, 6.07) is 0. The fourth-order valence-corrected chi connectivity index (χ4v) is 6.76. The van der Waals surface area contributed by atoms with Crippen molar-refractivity contribution in [1.82, 2.24) is 0 Å². The van der Waals surface area contributed by atoms with Crippen LogP contribution in [0.1, 0.15) is 92.4 Å². The van der Waals surface area contributed by atoms with E-state index < -0.39 is 11.4 Å². The second-order valence-corrected chi connectivity index (χ2v) is 12.0. The van der Waals surface area contributed by atoms with E-state index >= 15 is 0 Å². The number of hydrogen-bond donors (Lipinski definition) is 1. The average molecular weight is 431 g/mol. The first-order valence-corrected chi connectivity index (χ1v) is 12.1. The highest BCUT2D eigenvalue weighted by atomic mass is 16.5. The molecule has 0 aromatic rings. The van der Waals surface area contributed by atoms with Crippen LogP contribution in [0.4, 0.5) is 0 Å². The lowest BCUT2D eigenvalue weighted by atomic mass is 9.46. The normalized spacial score (nSPS) is 37.8. The van der Waals surface area contributed by atoms with E-state index in [1.165, 1.54) is 25.7 Å². The van der Waals surface area contributed by atoms with E-state index in [1.54, 1.807) is 19.4 Å². The Balaban J connectivity index is 1.69. The van der Waals surface area contributed by atoms with E-state index in [-0.39, 0.29) is 28.6 Å². The first-order valence-electron chi connectivity index (χ1n) is 12.1. The maximum Gasteiger partial charge on any atom is 0.309 e. The van der Waals surface area contributed by atoms with E-state index in [9.17, 15) is 14.7 Å². The van der Waals surface area contributed by atoms with E-state index in [1.807, 2.05) is 0 Å². The minimum absolute atomic E-state index is 0.0179. The van der Waals surface area contributed by atoms with Gasteiger partial charge in [-0.3, -0.25) is 9.59 Å². The number of carbonyl (C=O) groups is 2. The Bertz CT molecular complexity index is 765. The van der Waals surface area contributed by atoms with Gasteiger partial charge in [0.1, 0.15) is 0 Å². The minimum atomic E-state index is -0.905. The highest BCUT2D eigenvalue weighted by Crippen LogP contribution is 2.63. The third-order valence-electron chi connectivity index (χ3n) is 9.05. The van der Waals surface area contributed by atoms with Crippen molar-refractivity contribution in [2.24, 2.45) is 33.5 Å². The van der Waals surface area contributed by atoms with Crippen molar-refractivity contribution in [2.45, 2.75) is 92.4 Å². The summed E-state index contributed by atoms with van der Waals surface area (Å²) in [5.74, 6) is 0.0317. The number of carbonyl (C=O) groups excluding carboxylic acids is 1. The van der Waals surface area contributed by atoms with Crippen molar-refractivity contribution in [3.8, 4) is 0 Å². The Hall–Kier alpha value is -1.58. The quantitative estimate of drug-likeness (QED) is 0.367. The molecular formula is C27H42O4. The molecule has 2 unspecified atom stereocenters. The molecule has 3 aliphatic rings. The maximum atomic E-state index is 12.4. The molecule has 0 spiro atoms. The van der Waals surface area contributed by atoms with Gasteiger partial charge in [-0.25, -0.2) is 0 Å². The topological polar surface area (TPSA) is 63.6 Å². The highest BCUT2D eigenvalue weighted by Gasteiger charge is 2.55. The van der Waals surface area contributed by atoms with Gasteiger partial charge in [0.15, 0.2) is 0 Å². The average Bonchev–Trinajstić information content (AvgIpc) is 2.70. The van der Waals surface area contributed by atoms with Crippen LogP contribution < -0.4 is 0 Å². The smallest absolute Gasteiger partial charge is 0.309 e. The van der Waals surface area contributed by atoms with E-state index in [4.69, 9.17) is 4.74 Å². The van der Waals surface area contributed by atoms with Crippen LogP contribution in [0.5, 0.6) is 0 Å². The molecule has 0 bridgehead atoms. The van der Waals surface area contributed by atoms with Crippen LogP contribution in [-0.4, -0.2) is 23.7 Å². The Morgan fingerprint density at radius 1 is 1.26 bits per heavy atom. The van der Waals surface area contributed by atoms with Gasteiger partial charge in [-0.05, 0) is 81.5 Å². The fraction of sp³-hybridized carbons (Fsp3) is 0.778. The van der Waals surface area contributed by atoms with Gasteiger partial charge in [-0.15, -0.1) is 6.58 Å². The molecule has 0 aromatic carbocycles. The van der Waals surface area contributed by atoms with Crippen LogP contribution in [0.25, 0.3) is 0 Å². The van der Waals surface area contributed by atoms with Crippen LogP contribution >= 0.6 is 0 Å². The number of fused-ring (bicyclic) bond motifs is 3. The molecule has 2 saturated carbocycles. The summed E-state index contributed by atoms with van der Waals surface area (Å²) in [5.41, 5.74) is 1.14. The molecule has 3 aliphatic carbocycles. The van der Waals surface area contributed by atoms with Crippen LogP contribution in [0, 0.1) is 33.5 Å². The maximum absolute atomic E-state index is 12.4. The third-order valence-corrected chi connectivity index (χ3v) is 9.05. The largest absolute Gasteiger partial charge is 0.481 e. The molecule has 2 fully saturated rings. The number of rotatable bonds is 7. The first-order chi connectivity index (χ1) is 14.4. The van der Waals surface area contributed by atoms with Gasteiger partial charge in [0, 0.05) is 11.8 Å². The van der Waals surface area contributed by atoms with Crippen molar-refractivity contribution >= 4 is 11.9 Å². The van der Waals surface area contributed by atoms with Gasteiger partial charge >= 0.3 is 11.9 Å². The number of allylic oxidation sites excluding steroid dienone is 3. The molecule has 0 heterocycles. The SMILES string of the molecule is C=C[C@@]1(C)CC=C2C(CCC3[C@](C)(COC(=O)CCC(C)(C)C(=O)O)CCC[C@@]23C)C1. The molecule has 31 heavy (non-hydrogen) atoms. The number of carboxylic acid groups (broad SMARTS) is 1. The molecule has 0 radical (unpaired) electrons. The number of hydrogen-bond acceptors (Lipinski definition) is 3. The van der Waals surface area contributed by atoms with Crippen molar-refractivity contribution in [1.29, 1.82) is 0 Å². The summed E-state index contributed by atoms with van der Waals surface area (Å²) < 4.78 is 5.78. The lowest BCUT2D eigenvalue weighted by molar-refractivity contribution is -0.154. The molecule has 1 N–H and O–H groups in total. The van der Waals surface area contributed by atoms with Crippen LogP contribution in [0.2, 0.25) is 0 Å². The standard InChI is InChI=1S/C27H42O4/c1-7-25(4)16-11-20-19(17-25)9-10-21-26(5,13-8-14-27(20,21)6)18-31-22(28)12-15-24(2,3)23(29)30/h7,11,19,21H,1,8-10,12-18H2,2-6H3,(H,29,30)/t19?,21?,25-,26-,27-/m0/s1. The van der Waals surface area contributed by atoms with Gasteiger partial charge < -0.3 is 9.84 Å². The summed E-state index contributed by atoms with van der Waals surface area (Å²) in [6.07, 6.45) is 13.3. The van der Waals surface area contributed by atoms with E-state index in [0.717, 1.165) is 19.3 Å². The zero-order valence-electron chi connectivity index (χ0n) is 20.3. The molecule has 3 rings (SSSR count). The Morgan fingerprint density at radius 2 is 1.97 bits per heavy atom. The molecule has 4 heteroatoms. The number of carboxylic acids is 1. The Labute approximate surface area is 188 Å². The third kappa shape index (κ3) is 4.64. The van der Waals surface area contributed by atoms with Crippen molar-refractivity contribution in [3.05, 3.63) is 24.3 Å². The van der Waals surface area contributed by atoms with Crippen molar-refractivity contribution < 1.29 is 19.4 Å². The monoisotopic (exact) mass is 430 g/mol. The Kier molecular flexibility index (Phi) is 6.53. The van der Waals surface area contributed by atoms with Gasteiger partial charge in [0.25, 0.3) is 0 Å². The number of esters is 1. The molecule has 5 atom stereocenters. The van der Waals surface area contributed by atoms with E-state index in [2.05, 4.69) is 39.5 Å². The number of ether oxygens (including phenoxy) is 1. The molecule has 174 valence electrons. The molecule has 4 nitrogen and oxygen atoms in total. The second kappa shape index (κ2) is 8.41. The summed E-state index contributed by atoms with van der Waals surface area (Å²) in [6.45, 7) is 14.9. The van der Waals surface area contributed by atoms with Gasteiger partial charge in [-0.2, -0.15) is 0 Å². The molecule has 0 aromatic heterocycles. The molecular weight excluding hydrogens is 388 g/mol. The lowest BCUT2D eigenvalue weighted by Gasteiger charge is -2.59. The van der Waals surface area contributed by atoms with Gasteiger partial charge in [-0.1, -0.05) is 44.9 Å². The summed E-state index contributed by atoms with van der Waals surface area (Å²) in [5, 5.41) is 9.27. The zero-order valence-corrected chi connectivity index (χ0v) is 20.3. The van der Waals surface area contributed by atoms with Gasteiger partial charge in [0.05, 0.1) is 12.0 Å². The summed E-state index contributed by atoms with van der Waals surface area (Å²) in [7, 11) is 0. The summed E-state index contributed by atoms with van der Waals surface area (Å²) >= 11 is 0. The van der Waals surface area contributed by atoms with Crippen LogP contribution in [0.15, 0.2) is 24.3 Å². The van der Waals surface area contributed by atoms with Crippen LogP contribution in [-0.2, 0) is 14.3 Å². The minimum Gasteiger partial charge on any atom is -0.481 e. The highest BCUT2D eigenvalue weighted by molar-refractivity contribution is 5.75. The zero-order chi connectivity index (χ0) is 23.1. The predicted octanol–water partition coefficient (Wildman–Crippen LogP) is 6.56. The molecule has 0 saturated heterocycles. The van der Waals surface area contributed by atoms with Crippen molar-refractivity contribution in [3.63, 3.8) is 0 Å². The second-order valence-electron chi connectivity index (χ2n) is 12.0. The van der Waals surface area contributed by atoms with E-state index in [0.29, 0.717) is 24.9 Å². The Morgan fingerprint density at radius 3 is 2.61 bits per heavy atom. The lowest BCUT2D eigenvalue weighted by Crippen LogP contribution is -2.51. The first kappa shape index (κ1) is 24.1. The van der Waals surface area contributed by atoms with Gasteiger partial charge in [0.2, 0.25) is 0 Å². The fourth-order valence-electron chi connectivity index (χ4n) is 6.76. The predicted molar refractivity (Wildman–Crippen MR) is 124 cm³/mol. The van der Waals surface area contributed by atoms with Crippen LogP contribution in [0.3, 0.4) is 0 Å². The number of aliphatic carboxylic acids is 1. The summed E-state index contributed by atoms with van der Waals surface area (Å²) in [4.78, 5) is 23.7. The van der Waals surface area contributed by atoms with Crippen molar-refractivity contribution in [2.75, 3.05) is 6.61 Å².